The van der Waals surface area contributed by atoms with E-state index in [-0.39, 0.29) is 29.8 Å². The SMILES string of the molecule is CCOc1cc2c(cc1CNC(=O)c1ccc(C)c([N+](=O)[O-])c1)O[C@@H](C)C2. The zero-order chi connectivity index (χ0) is 19.6. The van der Waals surface area contributed by atoms with Gasteiger partial charge in [0.15, 0.2) is 0 Å². The minimum Gasteiger partial charge on any atom is -0.494 e. The molecular weight excluding hydrogens is 348 g/mol. The van der Waals surface area contributed by atoms with Crippen LogP contribution in [0.3, 0.4) is 0 Å². The lowest BCUT2D eigenvalue weighted by molar-refractivity contribution is -0.385. The number of ether oxygens (including phenoxy) is 2. The van der Waals surface area contributed by atoms with E-state index in [1.807, 2.05) is 26.0 Å². The van der Waals surface area contributed by atoms with Crippen molar-refractivity contribution in [2.24, 2.45) is 0 Å². The summed E-state index contributed by atoms with van der Waals surface area (Å²) in [6.45, 7) is 6.30. The summed E-state index contributed by atoms with van der Waals surface area (Å²) in [5.74, 6) is 1.14. The van der Waals surface area contributed by atoms with Crippen LogP contribution in [0, 0.1) is 17.0 Å². The van der Waals surface area contributed by atoms with Crippen molar-refractivity contribution in [2.75, 3.05) is 6.61 Å². The minimum absolute atomic E-state index is 0.0717. The zero-order valence-electron chi connectivity index (χ0n) is 15.6. The Morgan fingerprint density at radius 2 is 2.15 bits per heavy atom. The number of nitro benzene ring substituents is 1. The lowest BCUT2D eigenvalue weighted by Gasteiger charge is -2.13. The summed E-state index contributed by atoms with van der Waals surface area (Å²) in [7, 11) is 0. The lowest BCUT2D eigenvalue weighted by atomic mass is 10.1. The number of aryl methyl sites for hydroxylation is 1. The van der Waals surface area contributed by atoms with E-state index < -0.39 is 4.92 Å². The number of rotatable bonds is 6. The fourth-order valence-electron chi connectivity index (χ4n) is 3.13. The van der Waals surface area contributed by atoms with Gasteiger partial charge >= 0.3 is 0 Å². The highest BCUT2D eigenvalue weighted by Crippen LogP contribution is 2.35. The van der Waals surface area contributed by atoms with Crippen molar-refractivity contribution in [1.29, 1.82) is 0 Å². The molecule has 7 heteroatoms. The number of amides is 1. The largest absolute Gasteiger partial charge is 0.494 e. The van der Waals surface area contributed by atoms with Crippen LogP contribution in [-0.2, 0) is 13.0 Å². The molecule has 0 unspecified atom stereocenters. The maximum atomic E-state index is 12.5. The summed E-state index contributed by atoms with van der Waals surface area (Å²) in [5, 5.41) is 13.9. The summed E-state index contributed by atoms with van der Waals surface area (Å²) in [6.07, 6.45) is 0.946. The van der Waals surface area contributed by atoms with Crippen LogP contribution in [0.1, 0.15) is 40.9 Å². The third-order valence-corrected chi connectivity index (χ3v) is 4.49. The molecule has 1 aliphatic rings. The van der Waals surface area contributed by atoms with Gasteiger partial charge in [0.05, 0.1) is 11.5 Å². The van der Waals surface area contributed by atoms with E-state index in [0.717, 1.165) is 23.3 Å². The second-order valence-corrected chi connectivity index (χ2v) is 6.57. The summed E-state index contributed by atoms with van der Waals surface area (Å²) >= 11 is 0. The minimum atomic E-state index is -0.488. The van der Waals surface area contributed by atoms with E-state index in [1.54, 1.807) is 19.1 Å². The van der Waals surface area contributed by atoms with Gasteiger partial charge in [-0.05, 0) is 39.0 Å². The van der Waals surface area contributed by atoms with Crippen LogP contribution in [0.5, 0.6) is 11.5 Å². The number of carbonyl (C=O) groups excluding carboxylic acids is 1. The van der Waals surface area contributed by atoms with E-state index in [0.29, 0.717) is 17.9 Å². The normalized spacial score (nSPS) is 15.0. The van der Waals surface area contributed by atoms with Crippen LogP contribution in [0.25, 0.3) is 0 Å². The summed E-state index contributed by atoms with van der Waals surface area (Å²) in [4.78, 5) is 23.0. The molecule has 0 saturated carbocycles. The molecule has 1 aliphatic heterocycles. The molecule has 2 aromatic carbocycles. The van der Waals surface area contributed by atoms with E-state index in [1.165, 1.54) is 6.07 Å². The summed E-state index contributed by atoms with van der Waals surface area (Å²) < 4.78 is 11.5. The molecule has 1 heterocycles. The molecule has 0 aliphatic carbocycles. The van der Waals surface area contributed by atoms with E-state index in [4.69, 9.17) is 9.47 Å². The van der Waals surface area contributed by atoms with Gasteiger partial charge in [-0.15, -0.1) is 0 Å². The molecule has 0 bridgehead atoms. The number of benzene rings is 2. The third kappa shape index (κ3) is 4.02. The van der Waals surface area contributed by atoms with Gasteiger partial charge in [-0.1, -0.05) is 6.07 Å². The van der Waals surface area contributed by atoms with Crippen LogP contribution >= 0.6 is 0 Å². The zero-order valence-corrected chi connectivity index (χ0v) is 15.6. The average molecular weight is 370 g/mol. The highest BCUT2D eigenvalue weighted by atomic mass is 16.6. The molecule has 142 valence electrons. The first kappa shape index (κ1) is 18.7. The molecule has 1 amide bonds. The van der Waals surface area contributed by atoms with E-state index >= 15 is 0 Å². The molecule has 7 nitrogen and oxygen atoms in total. The van der Waals surface area contributed by atoms with Crippen LogP contribution in [0.4, 0.5) is 5.69 Å². The van der Waals surface area contributed by atoms with Crippen molar-refractivity contribution in [3.63, 3.8) is 0 Å². The Morgan fingerprint density at radius 1 is 1.37 bits per heavy atom. The van der Waals surface area contributed by atoms with Gasteiger partial charge in [0.2, 0.25) is 0 Å². The number of hydrogen-bond acceptors (Lipinski definition) is 5. The number of nitro groups is 1. The van der Waals surface area contributed by atoms with Crippen molar-refractivity contribution in [2.45, 2.75) is 39.8 Å². The van der Waals surface area contributed by atoms with Crippen molar-refractivity contribution >= 4 is 11.6 Å². The monoisotopic (exact) mass is 370 g/mol. The highest BCUT2D eigenvalue weighted by molar-refractivity contribution is 5.95. The van der Waals surface area contributed by atoms with Gasteiger partial charge in [0, 0.05) is 41.3 Å². The van der Waals surface area contributed by atoms with Gasteiger partial charge in [0.25, 0.3) is 11.6 Å². The summed E-state index contributed by atoms with van der Waals surface area (Å²) in [5.41, 5.74) is 2.59. The predicted molar refractivity (Wildman–Crippen MR) is 100 cm³/mol. The number of nitrogens with one attached hydrogen (secondary N) is 1. The second kappa shape index (κ2) is 7.65. The Labute approximate surface area is 157 Å². The van der Waals surface area contributed by atoms with E-state index in [2.05, 4.69) is 5.32 Å². The van der Waals surface area contributed by atoms with Crippen LogP contribution in [0.15, 0.2) is 30.3 Å². The van der Waals surface area contributed by atoms with Gasteiger partial charge in [0.1, 0.15) is 17.6 Å². The molecule has 1 N–H and O–H groups in total. The van der Waals surface area contributed by atoms with Gasteiger partial charge in [-0.2, -0.15) is 0 Å². The average Bonchev–Trinajstić information content (AvgIpc) is 2.98. The Morgan fingerprint density at radius 3 is 2.85 bits per heavy atom. The lowest BCUT2D eigenvalue weighted by Crippen LogP contribution is -2.23. The number of hydrogen-bond donors (Lipinski definition) is 1. The first-order valence-electron chi connectivity index (χ1n) is 8.87. The molecule has 2 aromatic rings. The molecule has 3 rings (SSSR count). The van der Waals surface area contributed by atoms with Crippen molar-refractivity contribution in [3.8, 4) is 11.5 Å². The predicted octanol–water partition coefficient (Wildman–Crippen LogP) is 3.56. The smallest absolute Gasteiger partial charge is 0.273 e. The van der Waals surface area contributed by atoms with Crippen molar-refractivity contribution in [3.05, 3.63) is 62.7 Å². The first-order valence-corrected chi connectivity index (χ1v) is 8.87. The molecule has 0 fully saturated rings. The number of fused-ring (bicyclic) bond motifs is 1. The van der Waals surface area contributed by atoms with Crippen LogP contribution in [0.2, 0.25) is 0 Å². The Balaban J connectivity index is 1.78. The Kier molecular flexibility index (Phi) is 5.30. The molecule has 0 radical (unpaired) electrons. The summed E-state index contributed by atoms with van der Waals surface area (Å²) in [6, 6.07) is 8.29. The van der Waals surface area contributed by atoms with Gasteiger partial charge in [-0.25, -0.2) is 0 Å². The fraction of sp³-hybridized carbons (Fsp3) is 0.350. The number of carbonyl (C=O) groups is 1. The van der Waals surface area contributed by atoms with Gasteiger partial charge < -0.3 is 14.8 Å². The Bertz CT molecular complexity index is 894. The molecule has 0 aromatic heterocycles. The maximum absolute atomic E-state index is 12.5. The number of nitrogens with zero attached hydrogens (tertiary/aromatic N) is 1. The molecule has 0 saturated heterocycles. The van der Waals surface area contributed by atoms with Crippen LogP contribution in [-0.4, -0.2) is 23.5 Å². The second-order valence-electron chi connectivity index (χ2n) is 6.57. The van der Waals surface area contributed by atoms with Crippen molar-refractivity contribution in [1.82, 2.24) is 5.32 Å². The van der Waals surface area contributed by atoms with E-state index in [9.17, 15) is 14.9 Å². The van der Waals surface area contributed by atoms with Crippen molar-refractivity contribution < 1.29 is 19.2 Å². The quantitative estimate of drug-likeness (QED) is 0.620. The van der Waals surface area contributed by atoms with Crippen LogP contribution < -0.4 is 14.8 Å². The topological polar surface area (TPSA) is 90.7 Å². The first-order chi connectivity index (χ1) is 12.9. The highest BCUT2D eigenvalue weighted by Gasteiger charge is 2.22. The molecule has 0 spiro atoms. The molecule has 1 atom stereocenters. The molecular formula is C20H22N2O5. The molecule has 27 heavy (non-hydrogen) atoms. The van der Waals surface area contributed by atoms with Gasteiger partial charge in [-0.3, -0.25) is 14.9 Å². The fourth-order valence-corrected chi connectivity index (χ4v) is 3.13. The maximum Gasteiger partial charge on any atom is 0.273 e. The Hall–Kier alpha value is -3.09. The standard InChI is InChI=1S/C20H22N2O5/c1-4-26-18-9-15-7-13(3)27-19(15)10-16(18)11-21-20(23)14-6-5-12(2)17(8-14)22(24)25/h5-6,8-10,13H,4,7,11H2,1-3H3,(H,21,23)/t13-/m0/s1. The third-order valence-electron chi connectivity index (χ3n) is 4.49.